The lowest BCUT2D eigenvalue weighted by Crippen LogP contribution is -2.44. The molecule has 2 atom stereocenters. The number of nitrogen functional groups attached to an aromatic ring is 1. The minimum absolute atomic E-state index is 0.0289. The van der Waals surface area contributed by atoms with Gasteiger partial charge in [0.1, 0.15) is 5.15 Å². The fourth-order valence-corrected chi connectivity index (χ4v) is 3.75. The first kappa shape index (κ1) is 13.7. The van der Waals surface area contributed by atoms with Gasteiger partial charge in [-0.05, 0) is 30.7 Å². The Bertz CT molecular complexity index is 520. The number of hydrogen-bond acceptors (Lipinski definition) is 3. The predicted molar refractivity (Wildman–Crippen MR) is 79.6 cm³/mol. The molecule has 1 aromatic heterocycles. The summed E-state index contributed by atoms with van der Waals surface area (Å²) in [7, 11) is 0. The van der Waals surface area contributed by atoms with Crippen molar-refractivity contribution in [2.45, 2.75) is 32.1 Å². The number of nitrogens with two attached hydrogens (primary N) is 1. The largest absolute Gasteiger partial charge is 0.397 e. The van der Waals surface area contributed by atoms with Gasteiger partial charge in [0.05, 0.1) is 17.4 Å². The number of carbonyl (C=O) groups is 1. The minimum Gasteiger partial charge on any atom is -0.397 e. The zero-order valence-electron chi connectivity index (χ0n) is 11.5. The van der Waals surface area contributed by atoms with Crippen LogP contribution in [0.25, 0.3) is 0 Å². The van der Waals surface area contributed by atoms with Gasteiger partial charge in [-0.25, -0.2) is 4.98 Å². The van der Waals surface area contributed by atoms with Gasteiger partial charge >= 0.3 is 0 Å². The molecular weight excluding hydrogens is 274 g/mol. The maximum Gasteiger partial charge on any atom is 0.257 e. The molecule has 0 spiro atoms. The van der Waals surface area contributed by atoms with Gasteiger partial charge in [-0.2, -0.15) is 0 Å². The highest BCUT2D eigenvalue weighted by Gasteiger charge is 2.33. The summed E-state index contributed by atoms with van der Waals surface area (Å²) >= 11 is 6.03. The van der Waals surface area contributed by atoms with E-state index in [-0.39, 0.29) is 11.1 Å². The van der Waals surface area contributed by atoms with Crippen molar-refractivity contribution in [1.29, 1.82) is 0 Å². The van der Waals surface area contributed by atoms with E-state index < -0.39 is 0 Å². The standard InChI is InChI=1S/C15H20ClN3O/c16-14-13(7-12(17)8-18-14)15(20)19-6-5-10-3-1-2-4-11(10)9-19/h7-8,10-11H,1-6,9,17H2. The average molecular weight is 294 g/mol. The molecule has 1 amide bonds. The Morgan fingerprint density at radius 3 is 2.85 bits per heavy atom. The number of likely N-dealkylation sites (tertiary alicyclic amines) is 1. The van der Waals surface area contributed by atoms with Crippen molar-refractivity contribution in [1.82, 2.24) is 9.88 Å². The molecular formula is C15H20ClN3O. The van der Waals surface area contributed by atoms with Crippen molar-refractivity contribution in [3.63, 3.8) is 0 Å². The van der Waals surface area contributed by atoms with Crippen LogP contribution in [0.3, 0.4) is 0 Å². The number of pyridine rings is 1. The highest BCUT2D eigenvalue weighted by atomic mass is 35.5. The van der Waals surface area contributed by atoms with Crippen LogP contribution >= 0.6 is 11.6 Å². The molecule has 0 radical (unpaired) electrons. The molecule has 1 aliphatic heterocycles. The van der Waals surface area contributed by atoms with E-state index in [0.717, 1.165) is 25.4 Å². The van der Waals surface area contributed by atoms with Gasteiger partial charge in [0.15, 0.2) is 0 Å². The number of fused-ring (bicyclic) bond motifs is 1. The van der Waals surface area contributed by atoms with Crippen molar-refractivity contribution in [2.24, 2.45) is 11.8 Å². The summed E-state index contributed by atoms with van der Waals surface area (Å²) in [5, 5.41) is 0.245. The second kappa shape index (κ2) is 5.60. The average Bonchev–Trinajstić information content (AvgIpc) is 2.48. The molecule has 2 fully saturated rings. The van der Waals surface area contributed by atoms with Crippen molar-refractivity contribution in [3.8, 4) is 0 Å². The summed E-state index contributed by atoms with van der Waals surface area (Å²) in [4.78, 5) is 18.5. The third-order valence-electron chi connectivity index (χ3n) is 4.67. The maximum absolute atomic E-state index is 12.6. The third-order valence-corrected chi connectivity index (χ3v) is 4.97. The van der Waals surface area contributed by atoms with Crippen molar-refractivity contribution >= 4 is 23.2 Å². The number of rotatable bonds is 1. The van der Waals surface area contributed by atoms with Crippen LogP contribution in [0.15, 0.2) is 12.3 Å². The predicted octanol–water partition coefficient (Wildman–Crippen LogP) is 2.97. The Kier molecular flexibility index (Phi) is 3.83. The molecule has 2 N–H and O–H groups in total. The van der Waals surface area contributed by atoms with Gasteiger partial charge in [0.25, 0.3) is 5.91 Å². The van der Waals surface area contributed by atoms with E-state index in [0.29, 0.717) is 17.2 Å². The molecule has 1 saturated carbocycles. The number of nitrogens with zero attached hydrogens (tertiary/aromatic N) is 2. The Balaban J connectivity index is 1.76. The summed E-state index contributed by atoms with van der Waals surface area (Å²) in [5.74, 6) is 1.44. The van der Waals surface area contributed by atoms with E-state index in [1.807, 2.05) is 4.90 Å². The van der Waals surface area contributed by atoms with Gasteiger partial charge in [-0.1, -0.05) is 30.9 Å². The number of piperidine rings is 1. The Morgan fingerprint density at radius 2 is 2.05 bits per heavy atom. The zero-order chi connectivity index (χ0) is 14.1. The molecule has 1 saturated heterocycles. The van der Waals surface area contributed by atoms with Crippen LogP contribution in [0.1, 0.15) is 42.5 Å². The topological polar surface area (TPSA) is 59.2 Å². The van der Waals surface area contributed by atoms with Crippen LogP contribution in [-0.4, -0.2) is 28.9 Å². The Labute approximate surface area is 124 Å². The van der Waals surface area contributed by atoms with Crippen molar-refractivity contribution < 1.29 is 4.79 Å². The van der Waals surface area contributed by atoms with E-state index in [2.05, 4.69) is 4.98 Å². The van der Waals surface area contributed by atoms with E-state index in [1.165, 1.54) is 31.9 Å². The van der Waals surface area contributed by atoms with E-state index in [9.17, 15) is 4.79 Å². The smallest absolute Gasteiger partial charge is 0.257 e. The molecule has 0 aromatic carbocycles. The molecule has 1 aromatic rings. The molecule has 2 unspecified atom stereocenters. The molecule has 108 valence electrons. The second-order valence-corrected chi connectivity index (χ2v) is 6.31. The molecule has 3 rings (SSSR count). The first-order chi connectivity index (χ1) is 9.65. The first-order valence-corrected chi connectivity index (χ1v) is 7.73. The third kappa shape index (κ3) is 2.62. The fourth-order valence-electron chi connectivity index (χ4n) is 3.57. The summed E-state index contributed by atoms with van der Waals surface area (Å²) in [6, 6.07) is 1.63. The van der Waals surface area contributed by atoms with Crippen LogP contribution in [0.5, 0.6) is 0 Å². The zero-order valence-corrected chi connectivity index (χ0v) is 12.3. The number of anilines is 1. The summed E-state index contributed by atoms with van der Waals surface area (Å²) in [6.07, 6.45) is 7.81. The normalized spacial score (nSPS) is 26.1. The lowest BCUT2D eigenvalue weighted by molar-refractivity contribution is 0.0521. The van der Waals surface area contributed by atoms with E-state index in [4.69, 9.17) is 17.3 Å². The number of aromatic nitrogens is 1. The van der Waals surface area contributed by atoms with Gasteiger partial charge in [0.2, 0.25) is 0 Å². The van der Waals surface area contributed by atoms with Crippen LogP contribution in [0.2, 0.25) is 5.15 Å². The highest BCUT2D eigenvalue weighted by molar-refractivity contribution is 6.32. The molecule has 4 nitrogen and oxygen atoms in total. The minimum atomic E-state index is -0.0289. The molecule has 2 aliphatic rings. The second-order valence-electron chi connectivity index (χ2n) is 5.95. The van der Waals surface area contributed by atoms with Crippen molar-refractivity contribution in [2.75, 3.05) is 18.8 Å². The number of carbonyl (C=O) groups excluding carboxylic acids is 1. The quantitative estimate of drug-likeness (QED) is 0.810. The van der Waals surface area contributed by atoms with Crippen LogP contribution < -0.4 is 5.73 Å². The van der Waals surface area contributed by atoms with Gasteiger partial charge in [0, 0.05) is 13.1 Å². The molecule has 20 heavy (non-hydrogen) atoms. The summed E-state index contributed by atoms with van der Waals surface area (Å²) in [6.45, 7) is 1.68. The van der Waals surface area contributed by atoms with Crippen molar-refractivity contribution in [3.05, 3.63) is 23.0 Å². The van der Waals surface area contributed by atoms with Crippen LogP contribution in [0, 0.1) is 11.8 Å². The SMILES string of the molecule is Nc1cnc(Cl)c(C(=O)N2CCC3CCCCC3C2)c1. The monoisotopic (exact) mass is 293 g/mol. The summed E-state index contributed by atoms with van der Waals surface area (Å²) < 4.78 is 0. The van der Waals surface area contributed by atoms with Gasteiger partial charge in [-0.15, -0.1) is 0 Å². The molecule has 0 bridgehead atoms. The molecule has 2 heterocycles. The highest BCUT2D eigenvalue weighted by Crippen LogP contribution is 2.36. The number of hydrogen-bond donors (Lipinski definition) is 1. The fraction of sp³-hybridized carbons (Fsp3) is 0.600. The van der Waals surface area contributed by atoms with E-state index >= 15 is 0 Å². The van der Waals surface area contributed by atoms with Gasteiger partial charge < -0.3 is 10.6 Å². The van der Waals surface area contributed by atoms with Gasteiger partial charge in [-0.3, -0.25) is 4.79 Å². The number of amides is 1. The lowest BCUT2D eigenvalue weighted by Gasteiger charge is -2.41. The van der Waals surface area contributed by atoms with E-state index in [1.54, 1.807) is 6.07 Å². The Morgan fingerprint density at radius 1 is 1.30 bits per heavy atom. The van der Waals surface area contributed by atoms with Crippen LogP contribution in [-0.2, 0) is 0 Å². The lowest BCUT2D eigenvalue weighted by atomic mass is 9.75. The van der Waals surface area contributed by atoms with Crippen LogP contribution in [0.4, 0.5) is 5.69 Å². The Hall–Kier alpha value is -1.29. The molecule has 5 heteroatoms. The molecule has 1 aliphatic carbocycles. The first-order valence-electron chi connectivity index (χ1n) is 7.35. The number of halogens is 1. The maximum atomic E-state index is 12.6. The summed E-state index contributed by atoms with van der Waals surface area (Å²) in [5.41, 5.74) is 6.62.